The van der Waals surface area contributed by atoms with Crippen LogP contribution in [0.2, 0.25) is 0 Å². The highest BCUT2D eigenvalue weighted by atomic mass is 32.2. The van der Waals surface area contributed by atoms with E-state index in [-0.39, 0.29) is 16.7 Å². The van der Waals surface area contributed by atoms with Gasteiger partial charge in [0, 0.05) is 13.1 Å². The maximum Gasteiger partial charge on any atom is 0.262 e. The summed E-state index contributed by atoms with van der Waals surface area (Å²) in [6, 6.07) is 7.32. The Bertz CT molecular complexity index is 832. The van der Waals surface area contributed by atoms with Crippen molar-refractivity contribution in [3.63, 3.8) is 0 Å². The first-order valence-corrected chi connectivity index (χ1v) is 9.51. The van der Waals surface area contributed by atoms with Crippen molar-refractivity contribution in [2.75, 3.05) is 27.2 Å². The van der Waals surface area contributed by atoms with E-state index >= 15 is 0 Å². The van der Waals surface area contributed by atoms with Crippen LogP contribution in [-0.4, -0.2) is 52.8 Å². The van der Waals surface area contributed by atoms with Crippen LogP contribution >= 0.6 is 11.8 Å². The van der Waals surface area contributed by atoms with Gasteiger partial charge in [-0.25, -0.2) is 4.98 Å². The van der Waals surface area contributed by atoms with Crippen molar-refractivity contribution >= 4 is 28.6 Å². The Morgan fingerprint density at radius 3 is 2.85 bits per heavy atom. The molecule has 7 heteroatoms. The van der Waals surface area contributed by atoms with Crippen molar-refractivity contribution in [1.82, 2.24) is 19.8 Å². The summed E-state index contributed by atoms with van der Waals surface area (Å²) in [5.74, 6) is -0.0999. The number of benzene rings is 1. The highest BCUT2D eigenvalue weighted by Crippen LogP contribution is 2.22. The van der Waals surface area contributed by atoms with E-state index in [0.29, 0.717) is 29.1 Å². The third-order valence-corrected chi connectivity index (χ3v) is 4.98. The second kappa shape index (κ2) is 9.54. The number of rotatable bonds is 9. The number of aromatic nitrogens is 2. The normalized spacial score (nSPS) is 12.3. The SMILES string of the molecule is C=CCNC(=O)[C@@H](C)Sc1nc2ccccc2c(=O)n1CCCN(C)C. The molecule has 140 valence electrons. The fourth-order valence-electron chi connectivity index (χ4n) is 2.51. The lowest BCUT2D eigenvalue weighted by atomic mass is 10.2. The fourth-order valence-corrected chi connectivity index (χ4v) is 3.47. The van der Waals surface area contributed by atoms with Crippen molar-refractivity contribution in [3.05, 3.63) is 47.3 Å². The van der Waals surface area contributed by atoms with E-state index in [9.17, 15) is 9.59 Å². The Balaban J connectivity index is 2.33. The van der Waals surface area contributed by atoms with Gasteiger partial charge in [0.15, 0.2) is 5.16 Å². The summed E-state index contributed by atoms with van der Waals surface area (Å²) in [5.41, 5.74) is 0.595. The number of carbonyl (C=O) groups is 1. The largest absolute Gasteiger partial charge is 0.352 e. The molecule has 2 aromatic rings. The smallest absolute Gasteiger partial charge is 0.262 e. The van der Waals surface area contributed by atoms with Crippen molar-refractivity contribution in [1.29, 1.82) is 0 Å². The molecule has 0 unspecified atom stereocenters. The van der Waals surface area contributed by atoms with Gasteiger partial charge in [-0.2, -0.15) is 0 Å². The van der Waals surface area contributed by atoms with E-state index in [1.807, 2.05) is 39.2 Å². The van der Waals surface area contributed by atoms with Crippen LogP contribution in [0.4, 0.5) is 0 Å². The van der Waals surface area contributed by atoms with Crippen molar-refractivity contribution < 1.29 is 4.79 Å². The predicted octanol–water partition coefficient (Wildman–Crippen LogP) is 2.13. The molecule has 1 aromatic carbocycles. The van der Waals surface area contributed by atoms with Gasteiger partial charge < -0.3 is 10.2 Å². The maximum atomic E-state index is 12.9. The third-order valence-electron chi connectivity index (χ3n) is 3.89. The lowest BCUT2D eigenvalue weighted by Crippen LogP contribution is -2.32. The standard InChI is InChI=1S/C19H26N4O2S/c1-5-11-20-17(24)14(2)26-19-21-16-10-7-6-9-15(16)18(25)23(19)13-8-12-22(3)4/h5-7,9-10,14H,1,8,11-13H2,2-4H3,(H,20,24)/t14-/m1/s1. The lowest BCUT2D eigenvalue weighted by molar-refractivity contribution is -0.120. The average molecular weight is 375 g/mol. The van der Waals surface area contributed by atoms with E-state index in [0.717, 1.165) is 13.0 Å². The first-order valence-electron chi connectivity index (χ1n) is 8.63. The number of hydrogen-bond acceptors (Lipinski definition) is 5. The highest BCUT2D eigenvalue weighted by Gasteiger charge is 2.19. The van der Waals surface area contributed by atoms with Crippen LogP contribution in [0.1, 0.15) is 13.3 Å². The molecule has 0 aliphatic heterocycles. The summed E-state index contributed by atoms with van der Waals surface area (Å²) < 4.78 is 1.69. The van der Waals surface area contributed by atoms with Gasteiger partial charge in [0.25, 0.3) is 5.56 Å². The molecule has 0 saturated heterocycles. The molecule has 1 aromatic heterocycles. The number of nitrogens with one attached hydrogen (secondary N) is 1. The van der Waals surface area contributed by atoms with Crippen LogP contribution in [0.25, 0.3) is 10.9 Å². The Kier molecular flexibility index (Phi) is 7.41. The number of thioether (sulfide) groups is 1. The van der Waals surface area contributed by atoms with Crippen molar-refractivity contribution in [3.8, 4) is 0 Å². The van der Waals surface area contributed by atoms with Gasteiger partial charge in [0.2, 0.25) is 5.91 Å². The summed E-state index contributed by atoms with van der Waals surface area (Å²) in [7, 11) is 4.01. The van der Waals surface area contributed by atoms with Crippen LogP contribution in [-0.2, 0) is 11.3 Å². The van der Waals surface area contributed by atoms with Crippen LogP contribution < -0.4 is 10.9 Å². The lowest BCUT2D eigenvalue weighted by Gasteiger charge is -2.17. The van der Waals surface area contributed by atoms with Crippen LogP contribution in [0, 0.1) is 0 Å². The highest BCUT2D eigenvalue weighted by molar-refractivity contribution is 8.00. The number of carbonyl (C=O) groups excluding carboxylic acids is 1. The molecule has 0 spiro atoms. The Morgan fingerprint density at radius 2 is 2.15 bits per heavy atom. The minimum Gasteiger partial charge on any atom is -0.352 e. The van der Waals surface area contributed by atoms with Crippen molar-refractivity contribution in [2.24, 2.45) is 0 Å². The van der Waals surface area contributed by atoms with E-state index in [1.54, 1.807) is 16.7 Å². The number of nitrogens with zero attached hydrogens (tertiary/aromatic N) is 3. The molecule has 1 N–H and O–H groups in total. The van der Waals surface area contributed by atoms with Crippen molar-refractivity contribution in [2.45, 2.75) is 30.3 Å². The number of hydrogen-bond donors (Lipinski definition) is 1. The molecule has 0 saturated carbocycles. The van der Waals surface area contributed by atoms with E-state index in [1.165, 1.54) is 11.8 Å². The molecule has 0 radical (unpaired) electrons. The zero-order valence-corrected chi connectivity index (χ0v) is 16.4. The topological polar surface area (TPSA) is 67.2 Å². The molecule has 1 atom stereocenters. The second-order valence-electron chi connectivity index (χ2n) is 6.32. The van der Waals surface area contributed by atoms with E-state index in [2.05, 4.69) is 21.8 Å². The quantitative estimate of drug-likeness (QED) is 0.414. The second-order valence-corrected chi connectivity index (χ2v) is 7.63. The molecular formula is C19H26N4O2S. The fraction of sp³-hybridized carbons (Fsp3) is 0.421. The summed E-state index contributed by atoms with van der Waals surface area (Å²) in [6.07, 6.45) is 2.47. The molecule has 1 amide bonds. The Hall–Kier alpha value is -2.12. The van der Waals surface area contributed by atoms with Gasteiger partial charge in [-0.3, -0.25) is 14.2 Å². The van der Waals surface area contributed by atoms with Gasteiger partial charge >= 0.3 is 0 Å². The van der Waals surface area contributed by atoms with Gasteiger partial charge in [-0.1, -0.05) is 30.0 Å². The summed E-state index contributed by atoms with van der Waals surface area (Å²) in [5, 5.41) is 3.60. The van der Waals surface area contributed by atoms with Gasteiger partial charge in [0.05, 0.1) is 16.2 Å². The molecular weight excluding hydrogens is 348 g/mol. The monoisotopic (exact) mass is 374 g/mol. The molecule has 26 heavy (non-hydrogen) atoms. The number of fused-ring (bicyclic) bond motifs is 1. The molecule has 0 bridgehead atoms. The van der Waals surface area contributed by atoms with Crippen LogP contribution in [0.15, 0.2) is 46.9 Å². The third kappa shape index (κ3) is 5.19. The van der Waals surface area contributed by atoms with Gasteiger partial charge in [-0.05, 0) is 46.1 Å². The molecule has 0 fully saturated rings. The first kappa shape index (κ1) is 20.2. The Labute approximate surface area is 158 Å². The zero-order chi connectivity index (χ0) is 19.1. The van der Waals surface area contributed by atoms with Gasteiger partial charge in [0.1, 0.15) is 0 Å². The summed E-state index contributed by atoms with van der Waals surface area (Å²) >= 11 is 1.31. The summed E-state index contributed by atoms with van der Waals surface area (Å²) in [6.45, 7) is 7.28. The minimum absolute atomic E-state index is 0.0597. The number of amides is 1. The van der Waals surface area contributed by atoms with Crippen LogP contribution in [0.3, 0.4) is 0 Å². The molecule has 0 aliphatic rings. The molecule has 1 heterocycles. The van der Waals surface area contributed by atoms with E-state index < -0.39 is 0 Å². The maximum absolute atomic E-state index is 12.9. The minimum atomic E-state index is -0.358. The molecule has 0 aliphatic carbocycles. The Morgan fingerprint density at radius 1 is 1.42 bits per heavy atom. The predicted molar refractivity (Wildman–Crippen MR) is 108 cm³/mol. The number of para-hydroxylation sites is 1. The average Bonchev–Trinajstić information content (AvgIpc) is 2.61. The molecule has 6 nitrogen and oxygen atoms in total. The molecule has 2 rings (SSSR count). The van der Waals surface area contributed by atoms with Gasteiger partial charge in [-0.15, -0.1) is 6.58 Å². The van der Waals surface area contributed by atoms with Crippen LogP contribution in [0.5, 0.6) is 0 Å². The first-order chi connectivity index (χ1) is 12.4. The van der Waals surface area contributed by atoms with E-state index in [4.69, 9.17) is 0 Å². The zero-order valence-electron chi connectivity index (χ0n) is 15.6. The summed E-state index contributed by atoms with van der Waals surface area (Å²) in [4.78, 5) is 31.8.